The molecule has 8 atom stereocenters. The first-order valence-corrected chi connectivity index (χ1v) is 11.4. The minimum absolute atomic E-state index is 0.519. The summed E-state index contributed by atoms with van der Waals surface area (Å²) in [6.45, 7) is 6.56. The first kappa shape index (κ1) is 17.7. The molecule has 26 heavy (non-hydrogen) atoms. The van der Waals surface area contributed by atoms with Crippen molar-refractivity contribution in [3.63, 3.8) is 0 Å². The zero-order chi connectivity index (χ0) is 18.3. The second-order valence-corrected chi connectivity index (χ2v) is 11.2. The molecule has 0 aromatic carbocycles. The highest BCUT2D eigenvalue weighted by Crippen LogP contribution is 2.68. The Morgan fingerprint density at radius 3 is 2.58 bits per heavy atom. The van der Waals surface area contributed by atoms with Crippen LogP contribution in [0.15, 0.2) is 11.6 Å². The van der Waals surface area contributed by atoms with Gasteiger partial charge in [-0.05, 0) is 114 Å². The summed E-state index contributed by atoms with van der Waals surface area (Å²) < 4.78 is 0. The predicted octanol–water partition coefficient (Wildman–Crippen LogP) is 4.81. The van der Waals surface area contributed by atoms with Crippen LogP contribution in [-0.4, -0.2) is 49.6 Å². The molecule has 2 nitrogen and oxygen atoms in total. The quantitative estimate of drug-likeness (QED) is 0.622. The topological polar surface area (TPSA) is 6.48 Å². The van der Waals surface area contributed by atoms with Gasteiger partial charge in [-0.2, -0.15) is 0 Å². The van der Waals surface area contributed by atoms with Crippen LogP contribution in [0.5, 0.6) is 0 Å². The van der Waals surface area contributed by atoms with Crippen molar-refractivity contribution in [3.8, 4) is 0 Å². The van der Waals surface area contributed by atoms with Gasteiger partial charge in [0.05, 0.1) is 0 Å². The molecule has 0 aromatic heterocycles. The molecule has 1 aliphatic heterocycles. The summed E-state index contributed by atoms with van der Waals surface area (Å²) in [5.41, 5.74) is 3.04. The lowest BCUT2D eigenvalue weighted by atomic mass is 9.47. The van der Waals surface area contributed by atoms with Crippen molar-refractivity contribution in [1.82, 2.24) is 9.80 Å². The van der Waals surface area contributed by atoms with Gasteiger partial charge in [0.15, 0.2) is 0 Å². The molecule has 4 aliphatic carbocycles. The van der Waals surface area contributed by atoms with Gasteiger partial charge in [-0.3, -0.25) is 0 Å². The average molecular weight is 357 g/mol. The van der Waals surface area contributed by atoms with Crippen LogP contribution in [0, 0.1) is 34.5 Å². The van der Waals surface area contributed by atoms with Crippen LogP contribution >= 0.6 is 0 Å². The van der Waals surface area contributed by atoms with Crippen LogP contribution in [0.2, 0.25) is 0 Å². The third-order valence-corrected chi connectivity index (χ3v) is 10.4. The maximum Gasteiger partial charge on any atom is 0.0127 e. The molecule has 0 amide bonds. The maximum absolute atomic E-state index is 2.74. The zero-order valence-electron chi connectivity index (χ0n) is 17.8. The van der Waals surface area contributed by atoms with Crippen LogP contribution < -0.4 is 0 Å². The standard InChI is InChI=1S/C24H40N2/c1-16-20-8-9-22-19-7-6-17-14-18(25(3)4)10-12-23(17,2)21(19)11-13-24(20,22)15-26(16)5/h6,16,18-22H,7-15H2,1-5H3/t16-,18-,19+,20?,21?,22-,23-,24-/m0/s1. The van der Waals surface area contributed by atoms with E-state index in [-0.39, 0.29) is 0 Å². The Bertz CT molecular complexity index is 609. The second-order valence-electron chi connectivity index (χ2n) is 11.2. The van der Waals surface area contributed by atoms with Gasteiger partial charge in [-0.1, -0.05) is 18.6 Å². The third-order valence-electron chi connectivity index (χ3n) is 10.4. The Labute approximate surface area is 161 Å². The van der Waals surface area contributed by atoms with Gasteiger partial charge in [-0.25, -0.2) is 0 Å². The van der Waals surface area contributed by atoms with Crippen molar-refractivity contribution in [2.45, 2.75) is 77.3 Å². The summed E-state index contributed by atoms with van der Waals surface area (Å²) in [7, 11) is 6.95. The number of rotatable bonds is 1. The molecule has 1 spiro atoms. The summed E-state index contributed by atoms with van der Waals surface area (Å²) in [4.78, 5) is 5.17. The van der Waals surface area contributed by atoms with Crippen molar-refractivity contribution >= 4 is 0 Å². The van der Waals surface area contributed by atoms with E-state index in [1.165, 1.54) is 57.9 Å². The van der Waals surface area contributed by atoms with Gasteiger partial charge in [0.1, 0.15) is 0 Å². The average Bonchev–Trinajstić information content (AvgIpc) is 3.08. The minimum atomic E-state index is 0.519. The third kappa shape index (κ3) is 2.18. The van der Waals surface area contributed by atoms with Crippen molar-refractivity contribution in [2.75, 3.05) is 27.7 Å². The van der Waals surface area contributed by atoms with Crippen molar-refractivity contribution in [1.29, 1.82) is 0 Å². The first-order chi connectivity index (χ1) is 12.4. The van der Waals surface area contributed by atoms with Crippen molar-refractivity contribution in [2.24, 2.45) is 34.5 Å². The van der Waals surface area contributed by atoms with Gasteiger partial charge in [0, 0.05) is 18.6 Å². The van der Waals surface area contributed by atoms with E-state index in [9.17, 15) is 0 Å². The molecule has 146 valence electrons. The van der Waals surface area contributed by atoms with Crippen LogP contribution in [0.3, 0.4) is 0 Å². The fraction of sp³-hybridized carbons (Fsp3) is 0.917. The van der Waals surface area contributed by atoms with E-state index in [1.807, 2.05) is 5.57 Å². The molecule has 2 heteroatoms. The predicted molar refractivity (Wildman–Crippen MR) is 109 cm³/mol. The summed E-state index contributed by atoms with van der Waals surface area (Å²) in [5, 5.41) is 0. The molecule has 0 bridgehead atoms. The molecular weight excluding hydrogens is 316 g/mol. The van der Waals surface area contributed by atoms with E-state index in [4.69, 9.17) is 0 Å². The van der Waals surface area contributed by atoms with E-state index in [1.54, 1.807) is 0 Å². The van der Waals surface area contributed by atoms with Crippen LogP contribution in [0.1, 0.15) is 65.2 Å². The number of hydrogen-bond acceptors (Lipinski definition) is 2. The van der Waals surface area contributed by atoms with E-state index in [2.05, 4.69) is 50.9 Å². The fourth-order valence-electron chi connectivity index (χ4n) is 8.88. The Kier molecular flexibility index (Phi) is 3.98. The minimum Gasteiger partial charge on any atom is -0.306 e. The van der Waals surface area contributed by atoms with E-state index in [0.717, 1.165) is 35.8 Å². The molecule has 0 radical (unpaired) electrons. The summed E-state index contributed by atoms with van der Waals surface area (Å²) in [5.74, 6) is 3.96. The normalized spacial score (nSPS) is 53.7. The number of likely N-dealkylation sites (tertiary alicyclic amines) is 1. The number of nitrogens with zero attached hydrogens (tertiary/aromatic N) is 2. The van der Waals surface area contributed by atoms with Gasteiger partial charge in [0.25, 0.3) is 0 Å². The van der Waals surface area contributed by atoms with E-state index >= 15 is 0 Å². The Morgan fingerprint density at radius 1 is 1.04 bits per heavy atom. The van der Waals surface area contributed by atoms with Crippen LogP contribution in [0.4, 0.5) is 0 Å². The highest BCUT2D eigenvalue weighted by atomic mass is 15.2. The highest BCUT2D eigenvalue weighted by molar-refractivity contribution is 5.26. The molecule has 1 heterocycles. The van der Waals surface area contributed by atoms with Crippen molar-refractivity contribution < 1.29 is 0 Å². The van der Waals surface area contributed by atoms with E-state index < -0.39 is 0 Å². The fourth-order valence-corrected chi connectivity index (χ4v) is 8.88. The summed E-state index contributed by atoms with van der Waals surface area (Å²) >= 11 is 0. The number of hydrogen-bond donors (Lipinski definition) is 0. The molecule has 4 fully saturated rings. The lowest BCUT2D eigenvalue weighted by molar-refractivity contribution is -0.0430. The van der Waals surface area contributed by atoms with Crippen LogP contribution in [0.25, 0.3) is 0 Å². The lowest BCUT2D eigenvalue weighted by Gasteiger charge is -2.58. The Hall–Kier alpha value is -0.340. The maximum atomic E-state index is 2.74. The summed E-state index contributed by atoms with van der Waals surface area (Å²) in [6.07, 6.45) is 14.4. The molecule has 3 saturated carbocycles. The monoisotopic (exact) mass is 356 g/mol. The summed E-state index contributed by atoms with van der Waals surface area (Å²) in [6, 6.07) is 1.60. The van der Waals surface area contributed by atoms with Gasteiger partial charge < -0.3 is 9.80 Å². The lowest BCUT2D eigenvalue weighted by Crippen LogP contribution is -2.52. The molecule has 2 unspecified atom stereocenters. The van der Waals surface area contributed by atoms with Gasteiger partial charge in [-0.15, -0.1) is 0 Å². The molecule has 0 N–H and O–H groups in total. The van der Waals surface area contributed by atoms with Crippen molar-refractivity contribution in [3.05, 3.63) is 11.6 Å². The highest BCUT2D eigenvalue weighted by Gasteiger charge is 2.63. The largest absolute Gasteiger partial charge is 0.306 e. The van der Waals surface area contributed by atoms with E-state index in [0.29, 0.717) is 10.8 Å². The Balaban J connectivity index is 1.45. The SMILES string of the molecule is C[C@H]1C2CC[C@H]3[C@@H]4CC=C5C[C@@H](N(C)C)CC[C@]5(C)C4CC[C@]23CN1C. The molecular formula is C24H40N2. The molecule has 1 saturated heterocycles. The molecule has 5 aliphatic rings. The first-order valence-electron chi connectivity index (χ1n) is 11.4. The zero-order valence-corrected chi connectivity index (χ0v) is 17.8. The Morgan fingerprint density at radius 2 is 1.81 bits per heavy atom. The molecule has 0 aromatic rings. The van der Waals surface area contributed by atoms with Gasteiger partial charge in [0.2, 0.25) is 0 Å². The smallest absolute Gasteiger partial charge is 0.0127 e. The molecule has 5 rings (SSSR count). The number of allylic oxidation sites excluding steroid dienone is 1. The van der Waals surface area contributed by atoms with Gasteiger partial charge >= 0.3 is 0 Å². The van der Waals surface area contributed by atoms with Crippen LogP contribution in [-0.2, 0) is 0 Å². The number of fused-ring (bicyclic) bond motifs is 4. The second kappa shape index (κ2) is 5.83.